The van der Waals surface area contributed by atoms with Crippen LogP contribution in [0.2, 0.25) is 0 Å². The molecule has 0 fully saturated rings. The largest absolute Gasteiger partial charge is 0.399 e. The number of anilines is 1. The van der Waals surface area contributed by atoms with Crippen LogP contribution in [0, 0.1) is 0 Å². The minimum atomic E-state index is 0.731. The molecule has 0 spiro atoms. The zero-order chi connectivity index (χ0) is 15.2. The monoisotopic (exact) mass is 284 g/mol. The molecule has 0 aromatic heterocycles. The van der Waals surface area contributed by atoms with Gasteiger partial charge in [-0.25, -0.2) is 4.99 Å². The molecule has 2 heteroatoms. The summed E-state index contributed by atoms with van der Waals surface area (Å²) in [7, 11) is 0. The minimum absolute atomic E-state index is 0.731. The van der Waals surface area contributed by atoms with Crippen LogP contribution >= 0.6 is 0 Å². The van der Waals surface area contributed by atoms with Crippen LogP contribution in [0.15, 0.2) is 89.9 Å². The summed E-state index contributed by atoms with van der Waals surface area (Å²) in [6.07, 6.45) is 0. The van der Waals surface area contributed by atoms with E-state index in [4.69, 9.17) is 5.73 Å². The highest BCUT2D eigenvalue weighted by Gasteiger charge is 2.03. The van der Waals surface area contributed by atoms with Gasteiger partial charge >= 0.3 is 0 Å². The Balaban J connectivity index is 2.09. The normalized spacial score (nSPS) is 9.82. The van der Waals surface area contributed by atoms with Gasteiger partial charge in [0.25, 0.3) is 0 Å². The topological polar surface area (TPSA) is 38.4 Å². The van der Waals surface area contributed by atoms with Gasteiger partial charge in [-0.15, -0.1) is 0 Å². The number of hydrogen-bond donors (Lipinski definition) is 1. The molecular weight excluding hydrogens is 268 g/mol. The molecule has 0 aliphatic carbocycles. The van der Waals surface area contributed by atoms with Gasteiger partial charge in [-0.3, -0.25) is 0 Å². The third-order valence-corrected chi connectivity index (χ3v) is 3.31. The summed E-state index contributed by atoms with van der Waals surface area (Å²) in [5.41, 5.74) is 10.4. The summed E-state index contributed by atoms with van der Waals surface area (Å²) >= 11 is 0. The average Bonchev–Trinajstić information content (AvgIpc) is 2.59. The molecule has 22 heavy (non-hydrogen) atoms. The van der Waals surface area contributed by atoms with Gasteiger partial charge in [0.2, 0.25) is 0 Å². The summed E-state index contributed by atoms with van der Waals surface area (Å²) in [5, 5.41) is 0. The highest BCUT2D eigenvalue weighted by molar-refractivity contribution is 5.99. The van der Waals surface area contributed by atoms with Crippen molar-refractivity contribution in [3.05, 3.63) is 96.1 Å². The Morgan fingerprint density at radius 1 is 0.682 bits per heavy atom. The second kappa shape index (κ2) is 6.57. The Kier molecular flexibility index (Phi) is 4.15. The summed E-state index contributed by atoms with van der Waals surface area (Å²) in [4.78, 5) is 4.46. The molecule has 3 rings (SSSR count). The van der Waals surface area contributed by atoms with E-state index in [0.29, 0.717) is 0 Å². The number of rotatable bonds is 3. The lowest BCUT2D eigenvalue weighted by atomic mass is 9.99. The van der Waals surface area contributed by atoms with Crippen molar-refractivity contribution in [3.63, 3.8) is 0 Å². The molecule has 0 unspecified atom stereocenters. The highest BCUT2D eigenvalue weighted by atomic mass is 14.7. The molecular formula is C20H16N2. The average molecular weight is 284 g/mol. The van der Waals surface area contributed by atoms with Crippen molar-refractivity contribution < 1.29 is 0 Å². The molecule has 0 radical (unpaired) electrons. The first kappa shape index (κ1) is 13.9. The van der Waals surface area contributed by atoms with Gasteiger partial charge in [0.1, 0.15) is 0 Å². The molecule has 0 saturated heterocycles. The maximum atomic E-state index is 5.70. The zero-order valence-electron chi connectivity index (χ0n) is 12.1. The molecule has 0 aliphatic rings. The van der Waals surface area contributed by atoms with Gasteiger partial charge in [0.15, 0.2) is 0 Å². The van der Waals surface area contributed by atoms with Gasteiger partial charge in [0, 0.05) is 5.69 Å². The molecule has 0 saturated carbocycles. The first-order chi connectivity index (χ1) is 10.8. The Morgan fingerprint density at radius 2 is 1.18 bits per heavy atom. The number of hydrogen-bond acceptors (Lipinski definition) is 2. The van der Waals surface area contributed by atoms with Crippen LogP contribution in [0.5, 0.6) is 0 Å². The van der Waals surface area contributed by atoms with E-state index in [2.05, 4.69) is 35.1 Å². The number of nitrogen functional groups attached to an aromatic ring is 1. The quantitative estimate of drug-likeness (QED) is 0.549. The first-order valence-electron chi connectivity index (χ1n) is 7.13. The van der Waals surface area contributed by atoms with E-state index in [0.717, 1.165) is 28.1 Å². The molecule has 2 N–H and O–H groups in total. The standard InChI is InChI=1S/C20H16N2/c21-18-11-13-19(14-12-18)22-15-20(16-7-3-1-4-8-16)17-9-5-2-6-10-17/h1-14H,21H2. The summed E-state index contributed by atoms with van der Waals surface area (Å²) in [5.74, 6) is 3.19. The lowest BCUT2D eigenvalue weighted by Crippen LogP contribution is -1.88. The molecule has 3 aromatic carbocycles. The highest BCUT2D eigenvalue weighted by Crippen LogP contribution is 2.21. The fourth-order valence-electron chi connectivity index (χ4n) is 2.17. The third-order valence-electron chi connectivity index (χ3n) is 3.31. The van der Waals surface area contributed by atoms with Crippen molar-refractivity contribution in [1.82, 2.24) is 0 Å². The molecule has 0 bridgehead atoms. The number of nitrogens with zero attached hydrogens (tertiary/aromatic N) is 1. The van der Waals surface area contributed by atoms with Crippen molar-refractivity contribution in [1.29, 1.82) is 0 Å². The third kappa shape index (κ3) is 3.32. The molecule has 106 valence electrons. The van der Waals surface area contributed by atoms with E-state index in [-0.39, 0.29) is 0 Å². The van der Waals surface area contributed by atoms with Crippen LogP contribution < -0.4 is 5.73 Å². The fraction of sp³-hybridized carbons (Fsp3) is 0. The van der Waals surface area contributed by atoms with Gasteiger partial charge in [-0.2, -0.15) is 0 Å². The van der Waals surface area contributed by atoms with Gasteiger partial charge < -0.3 is 5.73 Å². The van der Waals surface area contributed by atoms with E-state index in [1.165, 1.54) is 0 Å². The molecule has 3 aromatic rings. The van der Waals surface area contributed by atoms with Crippen molar-refractivity contribution in [2.24, 2.45) is 4.99 Å². The van der Waals surface area contributed by atoms with Crippen LogP contribution in [0.1, 0.15) is 11.1 Å². The van der Waals surface area contributed by atoms with Crippen LogP contribution in [0.4, 0.5) is 11.4 Å². The smallest absolute Gasteiger partial charge is 0.0731 e. The van der Waals surface area contributed by atoms with Crippen LogP contribution in [0.25, 0.3) is 5.57 Å². The zero-order valence-corrected chi connectivity index (χ0v) is 12.1. The van der Waals surface area contributed by atoms with Crippen molar-refractivity contribution in [2.45, 2.75) is 0 Å². The SMILES string of the molecule is Nc1ccc(N=C=C(c2ccccc2)c2ccccc2)cc1. The molecule has 0 heterocycles. The fourth-order valence-corrected chi connectivity index (χ4v) is 2.17. The Bertz CT molecular complexity index is 756. The van der Waals surface area contributed by atoms with E-state index >= 15 is 0 Å². The molecule has 2 nitrogen and oxygen atoms in total. The van der Waals surface area contributed by atoms with Crippen LogP contribution in [-0.2, 0) is 0 Å². The molecule has 0 amide bonds. The van der Waals surface area contributed by atoms with Crippen LogP contribution in [0.3, 0.4) is 0 Å². The Hall–Kier alpha value is -3.09. The predicted molar refractivity (Wildman–Crippen MR) is 93.3 cm³/mol. The maximum Gasteiger partial charge on any atom is 0.0731 e. The minimum Gasteiger partial charge on any atom is -0.399 e. The van der Waals surface area contributed by atoms with E-state index in [1.54, 1.807) is 0 Å². The second-order valence-electron chi connectivity index (χ2n) is 4.92. The van der Waals surface area contributed by atoms with Gasteiger partial charge in [-0.05, 0) is 41.3 Å². The second-order valence-corrected chi connectivity index (χ2v) is 4.92. The van der Waals surface area contributed by atoms with Crippen molar-refractivity contribution >= 4 is 22.8 Å². The summed E-state index contributed by atoms with van der Waals surface area (Å²) < 4.78 is 0. The van der Waals surface area contributed by atoms with E-state index in [9.17, 15) is 0 Å². The predicted octanol–water partition coefficient (Wildman–Crippen LogP) is 4.70. The Morgan fingerprint density at radius 3 is 1.68 bits per heavy atom. The van der Waals surface area contributed by atoms with Crippen molar-refractivity contribution in [2.75, 3.05) is 5.73 Å². The Labute approximate surface area is 130 Å². The molecule has 0 aliphatic heterocycles. The summed E-state index contributed by atoms with van der Waals surface area (Å²) in [6.45, 7) is 0. The van der Waals surface area contributed by atoms with Gasteiger partial charge in [-0.1, -0.05) is 60.7 Å². The molecule has 0 atom stereocenters. The lowest BCUT2D eigenvalue weighted by molar-refractivity contribution is 1.53. The lowest BCUT2D eigenvalue weighted by Gasteiger charge is -2.04. The van der Waals surface area contributed by atoms with E-state index in [1.807, 2.05) is 60.7 Å². The first-order valence-corrected chi connectivity index (χ1v) is 7.13. The number of aliphatic imine (C=N–C) groups is 1. The summed E-state index contributed by atoms with van der Waals surface area (Å²) in [6, 6.07) is 27.8. The van der Waals surface area contributed by atoms with Crippen LogP contribution in [-0.4, -0.2) is 5.87 Å². The van der Waals surface area contributed by atoms with Crippen molar-refractivity contribution in [3.8, 4) is 0 Å². The number of benzene rings is 3. The maximum absolute atomic E-state index is 5.70. The van der Waals surface area contributed by atoms with E-state index < -0.39 is 0 Å². The number of nitrogens with two attached hydrogens (primary N) is 1. The van der Waals surface area contributed by atoms with Gasteiger partial charge in [0.05, 0.1) is 11.3 Å².